The van der Waals surface area contributed by atoms with Crippen LogP contribution in [0.15, 0.2) is 42.7 Å². The molecule has 3 aromatic rings. The Morgan fingerprint density at radius 3 is 2.45 bits per heavy atom. The van der Waals surface area contributed by atoms with Gasteiger partial charge in [-0.05, 0) is 67.1 Å². The van der Waals surface area contributed by atoms with Gasteiger partial charge in [-0.2, -0.15) is 5.10 Å². The van der Waals surface area contributed by atoms with Crippen LogP contribution in [0.1, 0.15) is 79.1 Å². The number of ketones is 1. The van der Waals surface area contributed by atoms with Crippen molar-refractivity contribution in [3.8, 4) is 17.3 Å². The van der Waals surface area contributed by atoms with Crippen LogP contribution in [-0.2, 0) is 23.9 Å². The minimum atomic E-state index is -1.12. The van der Waals surface area contributed by atoms with Crippen LogP contribution in [-0.4, -0.2) is 80.3 Å². The second-order valence-corrected chi connectivity index (χ2v) is 16.2. The van der Waals surface area contributed by atoms with E-state index in [9.17, 15) is 24.3 Å². The zero-order valence-electron chi connectivity index (χ0n) is 30.0. The molecule has 3 aliphatic carbocycles. The lowest BCUT2D eigenvalue weighted by Crippen LogP contribution is -2.48. The number of carbonyl (C=O) groups excluding carboxylic acids is 3. The van der Waals surface area contributed by atoms with E-state index in [1.807, 2.05) is 39.8 Å². The van der Waals surface area contributed by atoms with Gasteiger partial charge in [-0.1, -0.05) is 34.1 Å². The number of hydrogen-bond acceptors (Lipinski definition) is 9. The summed E-state index contributed by atoms with van der Waals surface area (Å²) in [5, 5.41) is 15.2. The maximum absolute atomic E-state index is 14.6. The summed E-state index contributed by atoms with van der Waals surface area (Å²) in [6.45, 7) is 7.77. The Morgan fingerprint density at radius 2 is 1.82 bits per heavy atom. The quantitative estimate of drug-likeness (QED) is 0.222. The molecule has 0 spiro atoms. The van der Waals surface area contributed by atoms with Gasteiger partial charge < -0.3 is 24.2 Å². The van der Waals surface area contributed by atoms with Crippen molar-refractivity contribution in [2.75, 3.05) is 13.7 Å². The number of carboxylic acids is 1. The predicted octanol–water partition coefficient (Wildman–Crippen LogP) is 5.63. The zero-order valence-corrected chi connectivity index (χ0v) is 30.0. The van der Waals surface area contributed by atoms with Gasteiger partial charge >= 0.3 is 11.9 Å². The fraction of sp³-hybridized carbons (Fsp3) is 0.590. The summed E-state index contributed by atoms with van der Waals surface area (Å²) in [7, 11) is 1.58. The molecule has 12 heteroatoms. The summed E-state index contributed by atoms with van der Waals surface area (Å²) in [5.41, 5.74) is -1.12. The molecule has 4 fully saturated rings. The van der Waals surface area contributed by atoms with Crippen molar-refractivity contribution < 1.29 is 38.5 Å². The Labute approximate surface area is 297 Å². The van der Waals surface area contributed by atoms with Crippen molar-refractivity contribution in [2.24, 2.45) is 34.5 Å². The van der Waals surface area contributed by atoms with Gasteiger partial charge in [0.05, 0.1) is 43.0 Å². The number of aromatic nitrogens is 3. The molecule has 4 aliphatic rings. The van der Waals surface area contributed by atoms with Gasteiger partial charge in [-0.3, -0.25) is 19.2 Å². The van der Waals surface area contributed by atoms with Gasteiger partial charge in [-0.15, -0.1) is 0 Å². The predicted molar refractivity (Wildman–Crippen MR) is 186 cm³/mol. The molecular weight excluding hydrogens is 652 g/mol. The second kappa shape index (κ2) is 13.2. The molecule has 272 valence electrons. The number of aliphatic carboxylic acids is 1. The minimum absolute atomic E-state index is 0.0869. The van der Waals surface area contributed by atoms with Gasteiger partial charge in [0.2, 0.25) is 5.91 Å². The highest BCUT2D eigenvalue weighted by Crippen LogP contribution is 2.58. The molecule has 2 aromatic heterocycles. The normalized spacial score (nSPS) is 28.6. The number of amides is 1. The third-order valence-electron chi connectivity index (χ3n) is 11.8. The molecule has 1 N–H and O–H groups in total. The van der Waals surface area contributed by atoms with E-state index in [1.54, 1.807) is 47.3 Å². The second-order valence-electron chi connectivity index (χ2n) is 16.2. The van der Waals surface area contributed by atoms with E-state index in [4.69, 9.17) is 19.2 Å². The fourth-order valence-corrected chi connectivity index (χ4v) is 8.54. The lowest BCUT2D eigenvalue weighted by Gasteiger charge is -2.35. The molecule has 3 saturated carbocycles. The number of likely N-dealkylation sites (tertiary alicyclic amines) is 1. The molecule has 1 aromatic carbocycles. The van der Waals surface area contributed by atoms with Crippen LogP contribution in [0, 0.1) is 34.5 Å². The number of fused-ring (bicyclic) bond motifs is 2. The summed E-state index contributed by atoms with van der Waals surface area (Å²) in [4.78, 5) is 60.8. The summed E-state index contributed by atoms with van der Waals surface area (Å²) in [6.07, 6.45) is 6.73. The largest absolute Gasteiger partial charge is 0.497 e. The molecule has 1 unspecified atom stereocenters. The monoisotopic (exact) mass is 700 g/mol. The highest BCUT2D eigenvalue weighted by atomic mass is 16.5. The summed E-state index contributed by atoms with van der Waals surface area (Å²) < 4.78 is 19.6. The number of carboxylic acid groups (broad SMARTS) is 1. The maximum Gasteiger partial charge on any atom is 0.310 e. The lowest BCUT2D eigenvalue weighted by atomic mass is 9.77. The van der Waals surface area contributed by atoms with Crippen LogP contribution in [0.25, 0.3) is 16.7 Å². The molecule has 0 bridgehead atoms. The first-order valence-corrected chi connectivity index (χ1v) is 18.2. The average Bonchev–Trinajstić information content (AvgIpc) is 3.70. The lowest BCUT2D eigenvalue weighted by molar-refractivity contribution is -0.157. The Morgan fingerprint density at radius 1 is 1.06 bits per heavy atom. The Hall–Kier alpha value is -4.48. The number of rotatable bonds is 13. The van der Waals surface area contributed by atoms with Gasteiger partial charge in [0.1, 0.15) is 23.7 Å². The summed E-state index contributed by atoms with van der Waals surface area (Å²) >= 11 is 0. The first-order chi connectivity index (χ1) is 24.3. The maximum atomic E-state index is 14.6. The SMILES string of the molecule is CC[C@@H]1C[C@]1(CC(=O)[C@@H]1C[C@@H](Oc2cc(-n3cccn3)nc3cc(OC)ccc23)CN1C(=O)[C@@H](CC(=O)OC1C[C@@H]2C[C@@H]2C1)C(C)(C)C)C(=O)O. The van der Waals surface area contributed by atoms with E-state index in [2.05, 4.69) is 5.10 Å². The smallest absolute Gasteiger partial charge is 0.310 e. The Kier molecular flexibility index (Phi) is 9.08. The molecule has 7 rings (SSSR count). The molecule has 0 radical (unpaired) electrons. The topological polar surface area (TPSA) is 150 Å². The number of pyridine rings is 1. The zero-order chi connectivity index (χ0) is 36.2. The van der Waals surface area contributed by atoms with Crippen LogP contribution in [0.3, 0.4) is 0 Å². The third-order valence-corrected chi connectivity index (χ3v) is 11.8. The highest BCUT2D eigenvalue weighted by molar-refractivity contribution is 5.95. The van der Waals surface area contributed by atoms with Crippen molar-refractivity contribution >= 4 is 34.5 Å². The number of esters is 1. The van der Waals surface area contributed by atoms with Gasteiger partial charge in [0, 0.05) is 42.8 Å². The van der Waals surface area contributed by atoms with Crippen molar-refractivity contribution in [2.45, 2.75) is 97.3 Å². The molecule has 1 amide bonds. The van der Waals surface area contributed by atoms with Crippen LogP contribution in [0.5, 0.6) is 11.5 Å². The van der Waals surface area contributed by atoms with E-state index in [0.29, 0.717) is 52.9 Å². The third kappa shape index (κ3) is 6.93. The van der Waals surface area contributed by atoms with E-state index >= 15 is 0 Å². The molecular formula is C39H48N4O8. The van der Waals surface area contributed by atoms with Crippen molar-refractivity contribution in [1.82, 2.24) is 19.7 Å². The average molecular weight is 701 g/mol. The minimum Gasteiger partial charge on any atom is -0.497 e. The van der Waals surface area contributed by atoms with Crippen molar-refractivity contribution in [3.05, 3.63) is 42.7 Å². The van der Waals surface area contributed by atoms with Gasteiger partial charge in [0.25, 0.3) is 0 Å². The first-order valence-electron chi connectivity index (χ1n) is 18.2. The van der Waals surface area contributed by atoms with Crippen LogP contribution >= 0.6 is 0 Å². The van der Waals surface area contributed by atoms with Crippen molar-refractivity contribution in [3.63, 3.8) is 0 Å². The number of Topliss-reactive ketones (excluding diaryl/α,β-unsaturated/α-hetero) is 1. The number of hydrogen-bond donors (Lipinski definition) is 1. The summed E-state index contributed by atoms with van der Waals surface area (Å²) in [6, 6.07) is 8.14. The molecule has 51 heavy (non-hydrogen) atoms. The number of methoxy groups -OCH3 is 1. The highest BCUT2D eigenvalue weighted by Gasteiger charge is 2.61. The summed E-state index contributed by atoms with van der Waals surface area (Å²) in [5.74, 6) is 0.0992. The Bertz CT molecular complexity index is 1830. The van der Waals surface area contributed by atoms with E-state index in [0.717, 1.165) is 12.8 Å². The molecule has 3 heterocycles. The van der Waals surface area contributed by atoms with Gasteiger partial charge in [-0.25, -0.2) is 9.67 Å². The van der Waals surface area contributed by atoms with Crippen LogP contribution < -0.4 is 9.47 Å². The molecule has 1 aliphatic heterocycles. The van der Waals surface area contributed by atoms with E-state index in [1.165, 1.54) is 6.42 Å². The van der Waals surface area contributed by atoms with Gasteiger partial charge in [0.15, 0.2) is 11.6 Å². The number of ether oxygens (including phenoxy) is 3. The number of carbonyl (C=O) groups is 4. The van der Waals surface area contributed by atoms with Crippen LogP contribution in [0.2, 0.25) is 0 Å². The number of benzene rings is 1. The molecule has 8 atom stereocenters. The molecule has 1 saturated heterocycles. The van der Waals surface area contributed by atoms with Crippen LogP contribution in [0.4, 0.5) is 0 Å². The standard InChI is InChI=1S/C39H48N4O8/c1-6-24-19-39(24,37(47)48)20-32(44)31-16-27(50-33-18-34(43-11-7-10-40-43)41-30-15-25(49-5)8-9-28(30)33)21-42(31)36(46)29(38(2,3)4)17-35(45)51-26-13-22-12-23(22)14-26/h7-11,15,18,22-24,26-27,29,31H,6,12-14,16-17,19-21H2,1-5H3,(H,47,48)/t22-,23+,24-,26?,27-,29-,31+,39-/m1/s1. The number of nitrogens with zero attached hydrogens (tertiary/aromatic N) is 4. The van der Waals surface area contributed by atoms with Crippen molar-refractivity contribution in [1.29, 1.82) is 0 Å². The van der Waals surface area contributed by atoms with E-state index < -0.39 is 40.8 Å². The Balaban J connectivity index is 1.18. The molecule has 12 nitrogen and oxygen atoms in total. The van der Waals surface area contributed by atoms with E-state index in [-0.39, 0.29) is 49.5 Å². The fourth-order valence-electron chi connectivity index (χ4n) is 8.54. The first kappa shape index (κ1) is 34.9.